The van der Waals surface area contributed by atoms with Gasteiger partial charge in [0, 0.05) is 6.04 Å². The molecule has 2 unspecified atom stereocenters. The highest BCUT2D eigenvalue weighted by atomic mass is 32.2. The molecule has 14 heavy (non-hydrogen) atoms. The van der Waals surface area contributed by atoms with Gasteiger partial charge >= 0.3 is 0 Å². The van der Waals surface area contributed by atoms with E-state index in [1.807, 2.05) is 13.2 Å². The van der Waals surface area contributed by atoms with Crippen LogP contribution in [0, 0.1) is 0 Å². The minimum absolute atomic E-state index is 0.0681. The maximum absolute atomic E-state index is 11.5. The first-order valence-corrected chi connectivity index (χ1v) is 7.49. The van der Waals surface area contributed by atoms with E-state index >= 15 is 0 Å². The van der Waals surface area contributed by atoms with Crippen molar-refractivity contribution in [3.05, 3.63) is 0 Å². The second-order valence-corrected chi connectivity index (χ2v) is 6.45. The summed E-state index contributed by atoms with van der Waals surface area (Å²) in [6.07, 6.45) is 2.79. The number of aliphatic hydroxyl groups is 1. The van der Waals surface area contributed by atoms with Gasteiger partial charge in [-0.25, -0.2) is 13.1 Å². The van der Waals surface area contributed by atoms with E-state index in [2.05, 4.69) is 4.72 Å². The molecule has 6 heteroatoms. The van der Waals surface area contributed by atoms with Gasteiger partial charge in [-0.15, -0.1) is 0 Å². The van der Waals surface area contributed by atoms with Crippen LogP contribution in [0.4, 0.5) is 0 Å². The molecule has 0 aliphatic rings. The maximum atomic E-state index is 11.5. The summed E-state index contributed by atoms with van der Waals surface area (Å²) in [7, 11) is -3.35. The lowest BCUT2D eigenvalue weighted by atomic mass is 10.3. The van der Waals surface area contributed by atoms with E-state index in [-0.39, 0.29) is 12.6 Å². The van der Waals surface area contributed by atoms with Crippen LogP contribution in [0.15, 0.2) is 0 Å². The van der Waals surface area contributed by atoms with E-state index in [0.29, 0.717) is 0 Å². The van der Waals surface area contributed by atoms with Crippen LogP contribution in [0.25, 0.3) is 0 Å². The van der Waals surface area contributed by atoms with Crippen LogP contribution in [-0.4, -0.2) is 43.4 Å². The zero-order chi connectivity index (χ0) is 11.2. The maximum Gasteiger partial charge on any atom is 0.216 e. The Balaban J connectivity index is 4.09. The monoisotopic (exact) mass is 241 g/mol. The standard InChI is InChI=1S/C8H19NO3S2/c1-7(4-5-13-3)9-14(11,12)8(2)6-10/h7-10H,4-6H2,1-3H3. The minimum Gasteiger partial charge on any atom is -0.395 e. The van der Waals surface area contributed by atoms with Crippen LogP contribution < -0.4 is 4.72 Å². The van der Waals surface area contributed by atoms with Crippen molar-refractivity contribution in [2.24, 2.45) is 0 Å². The molecule has 0 fully saturated rings. The van der Waals surface area contributed by atoms with Gasteiger partial charge in [0.1, 0.15) is 0 Å². The lowest BCUT2D eigenvalue weighted by Gasteiger charge is -2.16. The minimum atomic E-state index is -3.35. The average molecular weight is 241 g/mol. The fraction of sp³-hybridized carbons (Fsp3) is 1.00. The molecule has 2 atom stereocenters. The van der Waals surface area contributed by atoms with Gasteiger partial charge in [-0.3, -0.25) is 0 Å². The number of sulfonamides is 1. The first-order valence-electron chi connectivity index (χ1n) is 4.55. The molecule has 0 aliphatic carbocycles. The van der Waals surface area contributed by atoms with E-state index in [1.165, 1.54) is 6.92 Å². The van der Waals surface area contributed by atoms with Crippen molar-refractivity contribution in [1.29, 1.82) is 0 Å². The van der Waals surface area contributed by atoms with Crippen LogP contribution >= 0.6 is 11.8 Å². The van der Waals surface area contributed by atoms with Crippen LogP contribution in [0.2, 0.25) is 0 Å². The molecule has 0 saturated heterocycles. The summed E-state index contributed by atoms with van der Waals surface area (Å²) in [6.45, 7) is 2.98. The third kappa shape index (κ3) is 5.19. The van der Waals surface area contributed by atoms with E-state index in [0.717, 1.165) is 12.2 Å². The van der Waals surface area contributed by atoms with E-state index in [9.17, 15) is 8.42 Å². The molecule has 0 aromatic rings. The number of hydrogen-bond donors (Lipinski definition) is 2. The summed E-state index contributed by atoms with van der Waals surface area (Å²) in [5.74, 6) is 0.928. The van der Waals surface area contributed by atoms with Gasteiger partial charge in [0.25, 0.3) is 0 Å². The molecule has 0 radical (unpaired) electrons. The molecular weight excluding hydrogens is 222 g/mol. The Morgan fingerprint density at radius 3 is 2.43 bits per heavy atom. The molecule has 4 nitrogen and oxygen atoms in total. The first-order chi connectivity index (χ1) is 6.44. The molecular formula is C8H19NO3S2. The van der Waals surface area contributed by atoms with Gasteiger partial charge in [-0.1, -0.05) is 0 Å². The number of rotatable bonds is 7. The van der Waals surface area contributed by atoms with Crippen molar-refractivity contribution in [3.63, 3.8) is 0 Å². The van der Waals surface area contributed by atoms with Crippen LogP contribution in [0.1, 0.15) is 20.3 Å². The second-order valence-electron chi connectivity index (χ2n) is 3.34. The predicted octanol–water partition coefficient (Wildman–Crippen LogP) is 0.428. The Morgan fingerprint density at radius 2 is 2.00 bits per heavy atom. The summed E-state index contributed by atoms with van der Waals surface area (Å²) < 4.78 is 25.5. The molecule has 0 aliphatic heterocycles. The molecule has 0 bridgehead atoms. The Labute approximate surface area is 90.5 Å². The summed E-state index contributed by atoms with van der Waals surface area (Å²) in [6, 6.07) is -0.0681. The Morgan fingerprint density at radius 1 is 1.43 bits per heavy atom. The van der Waals surface area contributed by atoms with Crippen LogP contribution in [0.3, 0.4) is 0 Å². The van der Waals surface area contributed by atoms with Crippen molar-refractivity contribution in [2.45, 2.75) is 31.6 Å². The van der Waals surface area contributed by atoms with Crippen molar-refractivity contribution >= 4 is 21.8 Å². The first kappa shape index (κ1) is 14.2. The van der Waals surface area contributed by atoms with Gasteiger partial charge in [0.15, 0.2) is 0 Å². The van der Waals surface area contributed by atoms with E-state index < -0.39 is 15.3 Å². The molecule has 2 N–H and O–H groups in total. The third-order valence-corrected chi connectivity index (χ3v) is 4.49. The fourth-order valence-electron chi connectivity index (χ4n) is 0.848. The van der Waals surface area contributed by atoms with E-state index in [4.69, 9.17) is 5.11 Å². The smallest absolute Gasteiger partial charge is 0.216 e. The SMILES string of the molecule is CSCCC(C)NS(=O)(=O)C(C)CO. The predicted molar refractivity (Wildman–Crippen MR) is 61.1 cm³/mol. The molecule has 0 rings (SSSR count). The van der Waals surface area contributed by atoms with Crippen LogP contribution in [-0.2, 0) is 10.0 Å². The molecule has 0 aromatic carbocycles. The van der Waals surface area contributed by atoms with Crippen molar-refractivity contribution in [2.75, 3.05) is 18.6 Å². The highest BCUT2D eigenvalue weighted by Crippen LogP contribution is 2.04. The van der Waals surface area contributed by atoms with Crippen molar-refractivity contribution < 1.29 is 13.5 Å². The third-order valence-electron chi connectivity index (χ3n) is 1.91. The number of nitrogens with one attached hydrogen (secondary N) is 1. The summed E-state index contributed by atoms with van der Waals surface area (Å²) in [4.78, 5) is 0. The Bertz CT molecular complexity index is 241. The van der Waals surface area contributed by atoms with Gasteiger partial charge in [0.05, 0.1) is 11.9 Å². The van der Waals surface area contributed by atoms with Crippen molar-refractivity contribution in [1.82, 2.24) is 4.72 Å². The highest BCUT2D eigenvalue weighted by molar-refractivity contribution is 7.98. The number of hydrogen-bond acceptors (Lipinski definition) is 4. The molecule has 0 spiro atoms. The second kappa shape index (κ2) is 6.66. The number of thioether (sulfide) groups is 1. The molecule has 0 amide bonds. The lowest BCUT2D eigenvalue weighted by molar-refractivity contribution is 0.294. The summed E-state index contributed by atoms with van der Waals surface area (Å²) in [5.41, 5.74) is 0. The zero-order valence-electron chi connectivity index (χ0n) is 8.86. The van der Waals surface area contributed by atoms with Gasteiger partial charge in [-0.2, -0.15) is 11.8 Å². The number of aliphatic hydroxyl groups excluding tert-OH is 1. The van der Waals surface area contributed by atoms with Gasteiger partial charge in [-0.05, 0) is 32.3 Å². The molecule has 0 heterocycles. The fourth-order valence-corrected chi connectivity index (χ4v) is 2.54. The Kier molecular flexibility index (Phi) is 6.76. The largest absolute Gasteiger partial charge is 0.395 e. The Hall–Kier alpha value is 0.220. The molecule has 0 aromatic heterocycles. The highest BCUT2D eigenvalue weighted by Gasteiger charge is 2.21. The molecule has 0 saturated carbocycles. The summed E-state index contributed by atoms with van der Waals surface area (Å²) in [5, 5.41) is 8.00. The zero-order valence-corrected chi connectivity index (χ0v) is 10.5. The lowest BCUT2D eigenvalue weighted by Crippen LogP contribution is -2.40. The van der Waals surface area contributed by atoms with Gasteiger partial charge in [0.2, 0.25) is 10.0 Å². The van der Waals surface area contributed by atoms with Crippen molar-refractivity contribution in [3.8, 4) is 0 Å². The quantitative estimate of drug-likeness (QED) is 0.678. The normalized spacial score (nSPS) is 16.6. The average Bonchev–Trinajstić information content (AvgIpc) is 2.12. The van der Waals surface area contributed by atoms with Crippen LogP contribution in [0.5, 0.6) is 0 Å². The van der Waals surface area contributed by atoms with E-state index in [1.54, 1.807) is 11.8 Å². The topological polar surface area (TPSA) is 66.4 Å². The molecule has 86 valence electrons. The summed E-state index contributed by atoms with van der Waals surface area (Å²) >= 11 is 1.69. The van der Waals surface area contributed by atoms with Gasteiger partial charge < -0.3 is 5.11 Å².